The Balaban J connectivity index is 0.000000318. The first-order valence-corrected chi connectivity index (χ1v) is 6.19. The summed E-state index contributed by atoms with van der Waals surface area (Å²) in [7, 11) is 0. The highest BCUT2D eigenvalue weighted by atomic mass is 16.5. The number of aliphatic hydroxyl groups is 2. The Morgan fingerprint density at radius 2 is 2.29 bits per heavy atom. The molecule has 1 aliphatic heterocycles. The molecule has 102 valence electrons. The minimum absolute atomic E-state index is 0.153. The summed E-state index contributed by atoms with van der Waals surface area (Å²) in [5.41, 5.74) is 0. The van der Waals surface area contributed by atoms with Crippen molar-refractivity contribution in [3.63, 3.8) is 0 Å². The van der Waals surface area contributed by atoms with Crippen LogP contribution >= 0.6 is 0 Å². The molecule has 0 saturated carbocycles. The van der Waals surface area contributed by atoms with Crippen molar-refractivity contribution >= 4 is 5.97 Å². The summed E-state index contributed by atoms with van der Waals surface area (Å²) in [6.07, 6.45) is 3.17. The molecule has 5 heteroatoms. The van der Waals surface area contributed by atoms with Crippen molar-refractivity contribution in [2.24, 2.45) is 0 Å². The van der Waals surface area contributed by atoms with Crippen LogP contribution in [0.15, 0.2) is 0 Å². The van der Waals surface area contributed by atoms with Gasteiger partial charge in [-0.2, -0.15) is 0 Å². The number of rotatable bonds is 5. The second kappa shape index (κ2) is 10.5. The summed E-state index contributed by atoms with van der Waals surface area (Å²) >= 11 is 0. The lowest BCUT2D eigenvalue weighted by atomic mass is 10.2. The van der Waals surface area contributed by atoms with E-state index in [0.717, 1.165) is 32.3 Å². The SMILES string of the molecule is CCCCOC(=O)C(C)O.OCC1CCCO1. The molecule has 0 aromatic carbocycles. The molecule has 2 unspecified atom stereocenters. The summed E-state index contributed by atoms with van der Waals surface area (Å²) in [6.45, 7) is 4.86. The van der Waals surface area contributed by atoms with Crippen LogP contribution in [-0.2, 0) is 14.3 Å². The Hall–Kier alpha value is -0.650. The second-order valence-corrected chi connectivity index (χ2v) is 4.01. The topological polar surface area (TPSA) is 76.0 Å². The maximum Gasteiger partial charge on any atom is 0.334 e. The van der Waals surface area contributed by atoms with Gasteiger partial charge in [0.05, 0.1) is 19.3 Å². The lowest BCUT2D eigenvalue weighted by Gasteiger charge is -2.04. The van der Waals surface area contributed by atoms with E-state index in [9.17, 15) is 4.79 Å². The second-order valence-electron chi connectivity index (χ2n) is 4.01. The first-order valence-electron chi connectivity index (χ1n) is 6.19. The summed E-state index contributed by atoms with van der Waals surface area (Å²) in [5.74, 6) is -0.534. The molecule has 5 nitrogen and oxygen atoms in total. The molecule has 2 N–H and O–H groups in total. The van der Waals surface area contributed by atoms with E-state index < -0.39 is 12.1 Å². The molecule has 0 spiro atoms. The number of aliphatic hydroxyl groups excluding tert-OH is 2. The van der Waals surface area contributed by atoms with Gasteiger partial charge in [0.15, 0.2) is 0 Å². The van der Waals surface area contributed by atoms with Crippen molar-refractivity contribution in [3.8, 4) is 0 Å². The zero-order chi connectivity index (χ0) is 13.1. The van der Waals surface area contributed by atoms with Gasteiger partial charge in [0.1, 0.15) is 6.10 Å². The van der Waals surface area contributed by atoms with Crippen LogP contribution in [0.5, 0.6) is 0 Å². The highest BCUT2D eigenvalue weighted by Crippen LogP contribution is 2.09. The van der Waals surface area contributed by atoms with Crippen LogP contribution in [-0.4, -0.2) is 48.2 Å². The fourth-order valence-electron chi connectivity index (χ4n) is 1.23. The van der Waals surface area contributed by atoms with Gasteiger partial charge in [-0.3, -0.25) is 0 Å². The van der Waals surface area contributed by atoms with Gasteiger partial charge < -0.3 is 19.7 Å². The first-order chi connectivity index (χ1) is 8.11. The molecule has 0 bridgehead atoms. The number of ether oxygens (including phenoxy) is 2. The summed E-state index contributed by atoms with van der Waals surface area (Å²) in [5, 5.41) is 17.1. The largest absolute Gasteiger partial charge is 0.464 e. The van der Waals surface area contributed by atoms with E-state index in [4.69, 9.17) is 14.9 Å². The fraction of sp³-hybridized carbons (Fsp3) is 0.917. The molecule has 2 atom stereocenters. The van der Waals surface area contributed by atoms with Gasteiger partial charge in [-0.15, -0.1) is 0 Å². The summed E-state index contributed by atoms with van der Waals surface area (Å²) in [6, 6.07) is 0. The summed E-state index contributed by atoms with van der Waals surface area (Å²) in [4.78, 5) is 10.5. The van der Waals surface area contributed by atoms with Crippen LogP contribution < -0.4 is 0 Å². The first kappa shape index (κ1) is 16.4. The van der Waals surface area contributed by atoms with E-state index in [1.54, 1.807) is 0 Å². The maximum absolute atomic E-state index is 10.5. The van der Waals surface area contributed by atoms with Crippen molar-refractivity contribution in [2.75, 3.05) is 19.8 Å². The van der Waals surface area contributed by atoms with E-state index in [0.29, 0.717) is 6.61 Å². The number of esters is 1. The monoisotopic (exact) mass is 248 g/mol. The van der Waals surface area contributed by atoms with Crippen LogP contribution in [0.25, 0.3) is 0 Å². The van der Waals surface area contributed by atoms with Crippen molar-refractivity contribution < 1.29 is 24.5 Å². The number of unbranched alkanes of at least 4 members (excludes halogenated alkanes) is 1. The van der Waals surface area contributed by atoms with E-state index >= 15 is 0 Å². The van der Waals surface area contributed by atoms with E-state index in [1.807, 2.05) is 6.92 Å². The van der Waals surface area contributed by atoms with Crippen molar-refractivity contribution in [3.05, 3.63) is 0 Å². The van der Waals surface area contributed by atoms with Crippen molar-refractivity contribution in [2.45, 2.75) is 51.7 Å². The van der Waals surface area contributed by atoms with Crippen molar-refractivity contribution in [1.29, 1.82) is 0 Å². The molecule has 0 aromatic rings. The maximum atomic E-state index is 10.5. The Morgan fingerprint density at radius 1 is 1.59 bits per heavy atom. The number of carbonyl (C=O) groups is 1. The van der Waals surface area contributed by atoms with Crippen LogP contribution in [0.3, 0.4) is 0 Å². The standard InChI is InChI=1S/C7H14O3.C5H10O2/c1-3-4-5-10-7(9)6(2)8;6-4-5-2-1-3-7-5/h6,8H,3-5H2,1-2H3;5-6H,1-4H2. The van der Waals surface area contributed by atoms with Crippen molar-refractivity contribution in [1.82, 2.24) is 0 Å². The quantitative estimate of drug-likeness (QED) is 0.557. The molecule has 1 heterocycles. The predicted molar refractivity (Wildman–Crippen MR) is 63.6 cm³/mol. The number of hydrogen-bond donors (Lipinski definition) is 2. The normalized spacial score (nSPS) is 20.4. The zero-order valence-electron chi connectivity index (χ0n) is 10.7. The van der Waals surface area contributed by atoms with Gasteiger partial charge in [0, 0.05) is 6.61 Å². The van der Waals surface area contributed by atoms with Crippen LogP contribution in [0, 0.1) is 0 Å². The van der Waals surface area contributed by atoms with Gasteiger partial charge in [0.25, 0.3) is 0 Å². The molecule has 0 radical (unpaired) electrons. The Labute approximate surface area is 103 Å². The molecule has 0 aliphatic carbocycles. The van der Waals surface area contributed by atoms with Crippen LogP contribution in [0.4, 0.5) is 0 Å². The third-order valence-electron chi connectivity index (χ3n) is 2.31. The van der Waals surface area contributed by atoms with Gasteiger partial charge >= 0.3 is 5.97 Å². The van der Waals surface area contributed by atoms with Crippen LogP contribution in [0.2, 0.25) is 0 Å². The lowest BCUT2D eigenvalue weighted by molar-refractivity contribution is -0.152. The fourth-order valence-corrected chi connectivity index (χ4v) is 1.23. The Morgan fingerprint density at radius 3 is 2.65 bits per heavy atom. The molecular weight excluding hydrogens is 224 g/mol. The number of hydrogen-bond acceptors (Lipinski definition) is 5. The minimum atomic E-state index is -0.989. The lowest BCUT2D eigenvalue weighted by Crippen LogP contribution is -2.19. The Kier molecular flexibility index (Phi) is 10.1. The molecule has 0 amide bonds. The third-order valence-corrected chi connectivity index (χ3v) is 2.31. The summed E-state index contributed by atoms with van der Waals surface area (Å²) < 4.78 is 9.71. The van der Waals surface area contributed by atoms with E-state index in [1.165, 1.54) is 6.92 Å². The highest BCUT2D eigenvalue weighted by molar-refractivity contribution is 5.73. The molecule has 1 rings (SSSR count). The molecule has 1 saturated heterocycles. The smallest absolute Gasteiger partial charge is 0.334 e. The molecule has 1 aliphatic rings. The van der Waals surface area contributed by atoms with Gasteiger partial charge in [-0.1, -0.05) is 13.3 Å². The molecule has 1 fully saturated rings. The average Bonchev–Trinajstić information content (AvgIpc) is 2.82. The van der Waals surface area contributed by atoms with E-state index in [2.05, 4.69) is 4.74 Å². The molecular formula is C12H24O5. The highest BCUT2D eigenvalue weighted by Gasteiger charge is 2.12. The zero-order valence-corrected chi connectivity index (χ0v) is 10.7. The van der Waals surface area contributed by atoms with Gasteiger partial charge in [-0.05, 0) is 26.2 Å². The number of carbonyl (C=O) groups excluding carboxylic acids is 1. The molecule has 17 heavy (non-hydrogen) atoms. The van der Waals surface area contributed by atoms with Gasteiger partial charge in [-0.25, -0.2) is 4.79 Å². The average molecular weight is 248 g/mol. The predicted octanol–water partition coefficient (Wildman–Crippen LogP) is 0.868. The third kappa shape index (κ3) is 9.09. The van der Waals surface area contributed by atoms with Gasteiger partial charge in [0.2, 0.25) is 0 Å². The van der Waals surface area contributed by atoms with E-state index in [-0.39, 0.29) is 12.7 Å². The van der Waals surface area contributed by atoms with Crippen LogP contribution in [0.1, 0.15) is 39.5 Å². The molecule has 0 aromatic heterocycles. The minimum Gasteiger partial charge on any atom is -0.464 e. The Bertz CT molecular complexity index is 187.